The molecule has 2 aromatic carbocycles. The lowest BCUT2D eigenvalue weighted by atomic mass is 9.89. The fourth-order valence-corrected chi connectivity index (χ4v) is 3.50. The van der Waals surface area contributed by atoms with Crippen LogP contribution in [0, 0.1) is 11.7 Å². The van der Waals surface area contributed by atoms with E-state index in [1.165, 1.54) is 6.07 Å². The van der Waals surface area contributed by atoms with E-state index in [1.807, 2.05) is 30.3 Å². The Morgan fingerprint density at radius 1 is 1.15 bits per heavy atom. The molecule has 26 heavy (non-hydrogen) atoms. The molecule has 2 N–H and O–H groups in total. The summed E-state index contributed by atoms with van der Waals surface area (Å²) in [6.07, 6.45) is 1.97. The summed E-state index contributed by atoms with van der Waals surface area (Å²) in [5, 5.41) is 0. The zero-order valence-corrected chi connectivity index (χ0v) is 14.7. The van der Waals surface area contributed by atoms with E-state index in [9.17, 15) is 14.0 Å². The lowest BCUT2D eigenvalue weighted by Crippen LogP contribution is -2.40. The number of nitrogens with two attached hydrogens (primary N) is 1. The van der Waals surface area contributed by atoms with Crippen molar-refractivity contribution >= 4 is 11.7 Å². The molecule has 3 rings (SSSR count). The van der Waals surface area contributed by atoms with Crippen molar-refractivity contribution in [3.8, 4) is 11.1 Å². The van der Waals surface area contributed by atoms with Crippen molar-refractivity contribution in [1.29, 1.82) is 0 Å². The number of hydrogen-bond donors (Lipinski definition) is 1. The van der Waals surface area contributed by atoms with Gasteiger partial charge in [-0.1, -0.05) is 42.5 Å². The van der Waals surface area contributed by atoms with E-state index < -0.39 is 0 Å². The molecule has 1 atom stereocenters. The molecule has 0 aromatic heterocycles. The molecule has 136 valence electrons. The van der Waals surface area contributed by atoms with Crippen LogP contribution < -0.4 is 5.73 Å². The van der Waals surface area contributed by atoms with Crippen LogP contribution >= 0.6 is 0 Å². The maximum absolute atomic E-state index is 14.5. The third-order valence-corrected chi connectivity index (χ3v) is 4.89. The standard InChI is InChI=1S/C21H23FN2O2/c22-19-13-16(8-9-18(19)15-5-2-1-3-6-15)21(26)17-7-4-11-24(14-17)12-10-20(23)25/h1-3,5-6,8-9,13,17H,4,7,10-12,14H2,(H2,23,25). The zero-order chi connectivity index (χ0) is 18.5. The van der Waals surface area contributed by atoms with E-state index >= 15 is 0 Å². The van der Waals surface area contributed by atoms with Crippen LogP contribution in [0.25, 0.3) is 11.1 Å². The lowest BCUT2D eigenvalue weighted by Gasteiger charge is -2.31. The predicted octanol–water partition coefficient (Wildman–Crippen LogP) is 3.26. The number of piperidine rings is 1. The van der Waals surface area contributed by atoms with Crippen molar-refractivity contribution in [2.24, 2.45) is 11.7 Å². The molecule has 0 spiro atoms. The Morgan fingerprint density at radius 2 is 1.92 bits per heavy atom. The monoisotopic (exact) mass is 354 g/mol. The average Bonchev–Trinajstić information content (AvgIpc) is 2.66. The van der Waals surface area contributed by atoms with Gasteiger partial charge in [0.2, 0.25) is 5.91 Å². The molecular formula is C21H23FN2O2. The highest BCUT2D eigenvalue weighted by molar-refractivity contribution is 5.98. The molecule has 0 aliphatic carbocycles. The number of carbonyl (C=O) groups excluding carboxylic acids is 2. The Bertz CT molecular complexity index is 792. The first-order valence-corrected chi connectivity index (χ1v) is 8.94. The fraction of sp³-hybridized carbons (Fsp3) is 0.333. The van der Waals surface area contributed by atoms with Crippen LogP contribution in [0.1, 0.15) is 29.6 Å². The van der Waals surface area contributed by atoms with Crippen molar-refractivity contribution in [1.82, 2.24) is 4.90 Å². The van der Waals surface area contributed by atoms with Crippen molar-refractivity contribution in [3.63, 3.8) is 0 Å². The number of Topliss-reactive ketones (excluding diaryl/α,β-unsaturated/α-hetero) is 1. The number of rotatable bonds is 6. The summed E-state index contributed by atoms with van der Waals surface area (Å²) >= 11 is 0. The Hall–Kier alpha value is -2.53. The van der Waals surface area contributed by atoms with E-state index in [1.54, 1.807) is 12.1 Å². The number of benzene rings is 2. The maximum atomic E-state index is 14.5. The van der Waals surface area contributed by atoms with Crippen molar-refractivity contribution in [2.45, 2.75) is 19.3 Å². The minimum atomic E-state index is -0.386. The molecule has 1 amide bonds. The molecule has 1 fully saturated rings. The molecule has 0 radical (unpaired) electrons. The van der Waals surface area contributed by atoms with Gasteiger partial charge in [-0.3, -0.25) is 9.59 Å². The fourth-order valence-electron chi connectivity index (χ4n) is 3.50. The van der Waals surface area contributed by atoms with Crippen molar-refractivity contribution in [3.05, 3.63) is 59.9 Å². The third-order valence-electron chi connectivity index (χ3n) is 4.89. The highest BCUT2D eigenvalue weighted by Gasteiger charge is 2.27. The zero-order valence-electron chi connectivity index (χ0n) is 14.7. The molecule has 1 heterocycles. The van der Waals surface area contributed by atoms with Crippen LogP contribution in [-0.4, -0.2) is 36.2 Å². The summed E-state index contributed by atoms with van der Waals surface area (Å²) in [6, 6.07) is 14.0. The smallest absolute Gasteiger partial charge is 0.218 e. The van der Waals surface area contributed by atoms with Gasteiger partial charge in [-0.15, -0.1) is 0 Å². The number of likely N-dealkylation sites (tertiary alicyclic amines) is 1. The Morgan fingerprint density at radius 3 is 2.62 bits per heavy atom. The Labute approximate surface area is 152 Å². The predicted molar refractivity (Wildman–Crippen MR) is 99.1 cm³/mol. The third kappa shape index (κ3) is 4.35. The van der Waals surface area contributed by atoms with Crippen LogP contribution in [0.15, 0.2) is 48.5 Å². The van der Waals surface area contributed by atoms with Crippen LogP contribution in [0.5, 0.6) is 0 Å². The molecule has 1 aliphatic rings. The van der Waals surface area contributed by atoms with Crippen molar-refractivity contribution in [2.75, 3.05) is 19.6 Å². The molecular weight excluding hydrogens is 331 g/mol. The number of primary amides is 1. The van der Waals surface area contributed by atoms with Crippen molar-refractivity contribution < 1.29 is 14.0 Å². The SMILES string of the molecule is NC(=O)CCN1CCCC(C(=O)c2ccc(-c3ccccc3)c(F)c2)C1. The minimum absolute atomic E-state index is 0.0349. The molecule has 1 aliphatic heterocycles. The molecule has 5 heteroatoms. The van der Waals surface area contributed by atoms with Crippen LogP contribution in [-0.2, 0) is 4.79 Å². The largest absolute Gasteiger partial charge is 0.370 e. The van der Waals surface area contributed by atoms with Crippen LogP contribution in [0.2, 0.25) is 0 Å². The van der Waals surface area contributed by atoms with Gasteiger partial charge in [0.25, 0.3) is 0 Å². The van der Waals surface area contributed by atoms with Gasteiger partial charge in [0.15, 0.2) is 5.78 Å². The van der Waals surface area contributed by atoms with Gasteiger partial charge in [-0.25, -0.2) is 4.39 Å². The summed E-state index contributed by atoms with van der Waals surface area (Å²) in [5.41, 5.74) is 6.89. The normalized spacial score (nSPS) is 17.8. The summed E-state index contributed by atoms with van der Waals surface area (Å²) in [7, 11) is 0. The summed E-state index contributed by atoms with van der Waals surface area (Å²) in [5.74, 6) is -0.925. The number of amides is 1. The molecule has 0 bridgehead atoms. The molecule has 1 unspecified atom stereocenters. The summed E-state index contributed by atoms with van der Waals surface area (Å²) < 4.78 is 14.5. The number of nitrogens with zero attached hydrogens (tertiary/aromatic N) is 1. The number of carbonyl (C=O) groups is 2. The molecule has 0 saturated carbocycles. The number of ketones is 1. The van der Waals surface area contributed by atoms with Gasteiger partial charge >= 0.3 is 0 Å². The first-order chi connectivity index (χ1) is 12.5. The topological polar surface area (TPSA) is 63.4 Å². The molecule has 1 saturated heterocycles. The van der Waals surface area contributed by atoms with E-state index in [2.05, 4.69) is 4.90 Å². The highest BCUT2D eigenvalue weighted by atomic mass is 19.1. The lowest BCUT2D eigenvalue weighted by molar-refractivity contribution is -0.118. The van der Waals surface area contributed by atoms with Gasteiger partial charge < -0.3 is 10.6 Å². The van der Waals surface area contributed by atoms with Gasteiger partial charge in [-0.05, 0) is 31.0 Å². The second-order valence-corrected chi connectivity index (χ2v) is 6.78. The van der Waals surface area contributed by atoms with Gasteiger partial charge in [0.05, 0.1) is 0 Å². The van der Waals surface area contributed by atoms with E-state index in [-0.39, 0.29) is 23.4 Å². The summed E-state index contributed by atoms with van der Waals surface area (Å²) in [6.45, 7) is 2.02. The second-order valence-electron chi connectivity index (χ2n) is 6.78. The Kier molecular flexibility index (Phi) is 5.78. The van der Waals surface area contributed by atoms with E-state index in [0.29, 0.717) is 30.6 Å². The average molecular weight is 354 g/mol. The molecule has 2 aromatic rings. The first kappa shape index (κ1) is 18.3. The van der Waals surface area contributed by atoms with Gasteiger partial charge in [0, 0.05) is 36.6 Å². The Balaban J connectivity index is 1.71. The van der Waals surface area contributed by atoms with Gasteiger partial charge in [-0.2, -0.15) is 0 Å². The maximum Gasteiger partial charge on any atom is 0.218 e. The number of halogens is 1. The first-order valence-electron chi connectivity index (χ1n) is 8.94. The quantitative estimate of drug-likeness (QED) is 0.810. The highest BCUT2D eigenvalue weighted by Crippen LogP contribution is 2.26. The van der Waals surface area contributed by atoms with E-state index in [4.69, 9.17) is 5.73 Å². The second kappa shape index (κ2) is 8.23. The van der Waals surface area contributed by atoms with Crippen LogP contribution in [0.3, 0.4) is 0 Å². The van der Waals surface area contributed by atoms with E-state index in [0.717, 1.165) is 24.9 Å². The minimum Gasteiger partial charge on any atom is -0.370 e. The number of hydrogen-bond acceptors (Lipinski definition) is 3. The molecule has 4 nitrogen and oxygen atoms in total. The van der Waals surface area contributed by atoms with Gasteiger partial charge in [0.1, 0.15) is 5.82 Å². The van der Waals surface area contributed by atoms with Crippen LogP contribution in [0.4, 0.5) is 4.39 Å². The summed E-state index contributed by atoms with van der Waals surface area (Å²) in [4.78, 5) is 25.8.